The van der Waals surface area contributed by atoms with E-state index < -0.39 is 0 Å². The van der Waals surface area contributed by atoms with E-state index in [1.807, 2.05) is 11.8 Å². The van der Waals surface area contributed by atoms with Crippen LogP contribution in [-0.2, 0) is 9.53 Å². The predicted molar refractivity (Wildman–Crippen MR) is 98.2 cm³/mol. The third-order valence-electron chi connectivity index (χ3n) is 3.84. The highest BCUT2D eigenvalue weighted by Gasteiger charge is 2.22. The fourth-order valence-corrected chi connectivity index (χ4v) is 3.74. The Hall–Kier alpha value is -0.950. The Morgan fingerprint density at radius 2 is 2.17 bits per heavy atom. The zero-order valence-corrected chi connectivity index (χ0v) is 15.7. The average molecular weight is 345 g/mol. The van der Waals surface area contributed by atoms with E-state index in [0.29, 0.717) is 25.2 Å². The Bertz CT molecular complexity index is 375. The molecule has 0 spiro atoms. The number of nitrogens with one attached hydrogen (secondary N) is 2. The number of guanidine groups is 1. The SMILES string of the molecule is CCSC1CCCC(NC(=NCC(=O)N(C)C)NCCOC)C1. The molecule has 0 radical (unpaired) electrons. The smallest absolute Gasteiger partial charge is 0.243 e. The lowest BCUT2D eigenvalue weighted by molar-refractivity contribution is -0.127. The summed E-state index contributed by atoms with van der Waals surface area (Å²) in [6, 6.07) is 0.427. The van der Waals surface area contributed by atoms with Crippen LogP contribution in [-0.4, -0.2) is 74.7 Å². The largest absolute Gasteiger partial charge is 0.383 e. The molecule has 23 heavy (non-hydrogen) atoms. The van der Waals surface area contributed by atoms with E-state index in [-0.39, 0.29) is 12.5 Å². The Morgan fingerprint density at radius 1 is 1.39 bits per heavy atom. The summed E-state index contributed by atoms with van der Waals surface area (Å²) < 4.78 is 5.07. The number of aliphatic imine (C=N–C) groups is 1. The number of carbonyl (C=O) groups excluding carboxylic acids is 1. The van der Waals surface area contributed by atoms with Crippen LogP contribution in [0.3, 0.4) is 0 Å². The van der Waals surface area contributed by atoms with Crippen LogP contribution in [0.25, 0.3) is 0 Å². The molecule has 2 N–H and O–H groups in total. The van der Waals surface area contributed by atoms with E-state index in [2.05, 4.69) is 22.5 Å². The Kier molecular flexibility index (Phi) is 10.1. The first-order valence-corrected chi connectivity index (χ1v) is 9.47. The maximum Gasteiger partial charge on any atom is 0.243 e. The number of amides is 1. The first kappa shape index (κ1) is 20.1. The lowest BCUT2D eigenvalue weighted by Gasteiger charge is -2.30. The molecule has 0 bridgehead atoms. The molecular weight excluding hydrogens is 312 g/mol. The van der Waals surface area contributed by atoms with Crippen LogP contribution in [0.5, 0.6) is 0 Å². The van der Waals surface area contributed by atoms with E-state index in [1.54, 1.807) is 26.1 Å². The molecule has 1 aliphatic carbocycles. The van der Waals surface area contributed by atoms with Crippen LogP contribution in [0.15, 0.2) is 4.99 Å². The summed E-state index contributed by atoms with van der Waals surface area (Å²) in [6.07, 6.45) is 4.87. The average Bonchev–Trinajstić information content (AvgIpc) is 2.53. The van der Waals surface area contributed by atoms with Crippen molar-refractivity contribution in [1.82, 2.24) is 15.5 Å². The summed E-state index contributed by atoms with van der Waals surface area (Å²) in [6.45, 7) is 3.67. The fourth-order valence-electron chi connectivity index (χ4n) is 2.57. The number of rotatable bonds is 8. The van der Waals surface area contributed by atoms with Gasteiger partial charge in [0.1, 0.15) is 6.54 Å². The predicted octanol–water partition coefficient (Wildman–Crippen LogP) is 1.32. The molecule has 1 aliphatic rings. The normalized spacial score (nSPS) is 21.8. The highest BCUT2D eigenvalue weighted by molar-refractivity contribution is 7.99. The first-order chi connectivity index (χ1) is 11.1. The molecule has 1 rings (SSSR count). The molecule has 0 heterocycles. The molecular formula is C16H32N4O2S. The molecule has 0 aliphatic heterocycles. The van der Waals surface area contributed by atoms with Crippen molar-refractivity contribution in [3.8, 4) is 0 Å². The summed E-state index contributed by atoms with van der Waals surface area (Å²) in [5.74, 6) is 1.88. The van der Waals surface area contributed by atoms with Gasteiger partial charge in [-0.15, -0.1) is 0 Å². The molecule has 0 aromatic rings. The third-order valence-corrected chi connectivity index (χ3v) is 5.07. The highest BCUT2D eigenvalue weighted by Crippen LogP contribution is 2.28. The van der Waals surface area contributed by atoms with Crippen molar-refractivity contribution in [3.63, 3.8) is 0 Å². The maximum atomic E-state index is 11.7. The Balaban J connectivity index is 2.56. The minimum atomic E-state index is 0.000834. The standard InChI is InChI=1S/C16H32N4O2S/c1-5-23-14-8-6-7-13(11-14)19-16(17-9-10-22-4)18-12-15(21)20(2)3/h13-14H,5-12H2,1-4H3,(H2,17,18,19). The zero-order chi connectivity index (χ0) is 17.1. The molecule has 0 saturated heterocycles. The van der Waals surface area contributed by atoms with Gasteiger partial charge in [0, 0.05) is 39.0 Å². The molecule has 0 aromatic carbocycles. The van der Waals surface area contributed by atoms with Crippen molar-refractivity contribution < 1.29 is 9.53 Å². The summed E-state index contributed by atoms with van der Waals surface area (Å²) in [5, 5.41) is 7.47. The minimum Gasteiger partial charge on any atom is -0.383 e. The molecule has 7 heteroatoms. The van der Waals surface area contributed by atoms with Gasteiger partial charge in [0.05, 0.1) is 6.61 Å². The van der Waals surface area contributed by atoms with Crippen LogP contribution in [0.1, 0.15) is 32.6 Å². The van der Waals surface area contributed by atoms with E-state index in [0.717, 1.165) is 18.1 Å². The van der Waals surface area contributed by atoms with Crippen molar-refractivity contribution in [2.45, 2.75) is 43.9 Å². The van der Waals surface area contributed by atoms with Crippen LogP contribution in [0.2, 0.25) is 0 Å². The second kappa shape index (κ2) is 11.6. The van der Waals surface area contributed by atoms with Crippen molar-refractivity contribution in [3.05, 3.63) is 0 Å². The highest BCUT2D eigenvalue weighted by atomic mass is 32.2. The van der Waals surface area contributed by atoms with Crippen LogP contribution in [0.4, 0.5) is 0 Å². The van der Waals surface area contributed by atoms with E-state index in [9.17, 15) is 4.79 Å². The summed E-state index contributed by atoms with van der Waals surface area (Å²) >= 11 is 2.05. The van der Waals surface area contributed by atoms with Crippen LogP contribution < -0.4 is 10.6 Å². The van der Waals surface area contributed by atoms with Gasteiger partial charge in [-0.25, -0.2) is 4.99 Å². The number of thioether (sulfide) groups is 1. The molecule has 1 saturated carbocycles. The maximum absolute atomic E-state index is 11.7. The van der Waals surface area contributed by atoms with Crippen molar-refractivity contribution in [2.75, 3.05) is 46.7 Å². The number of carbonyl (C=O) groups is 1. The second-order valence-electron chi connectivity index (χ2n) is 5.96. The lowest BCUT2D eigenvalue weighted by atomic mass is 9.95. The number of likely N-dealkylation sites (N-methyl/N-ethyl adjacent to an activating group) is 1. The van der Waals surface area contributed by atoms with Gasteiger partial charge in [-0.1, -0.05) is 13.3 Å². The summed E-state index contributed by atoms with van der Waals surface area (Å²) in [4.78, 5) is 17.7. The monoisotopic (exact) mass is 344 g/mol. The molecule has 2 atom stereocenters. The topological polar surface area (TPSA) is 66.0 Å². The fraction of sp³-hybridized carbons (Fsp3) is 0.875. The van der Waals surface area contributed by atoms with E-state index >= 15 is 0 Å². The van der Waals surface area contributed by atoms with Crippen molar-refractivity contribution >= 4 is 23.6 Å². The first-order valence-electron chi connectivity index (χ1n) is 8.42. The van der Waals surface area contributed by atoms with Gasteiger partial charge in [0.25, 0.3) is 0 Å². The number of hydrogen-bond donors (Lipinski definition) is 2. The van der Waals surface area contributed by atoms with Crippen molar-refractivity contribution in [1.29, 1.82) is 0 Å². The molecule has 2 unspecified atom stereocenters. The van der Waals surface area contributed by atoms with Gasteiger partial charge in [-0.2, -0.15) is 11.8 Å². The minimum absolute atomic E-state index is 0.000834. The molecule has 6 nitrogen and oxygen atoms in total. The van der Waals surface area contributed by atoms with Gasteiger partial charge in [0.2, 0.25) is 5.91 Å². The molecule has 134 valence electrons. The molecule has 1 amide bonds. The zero-order valence-electron chi connectivity index (χ0n) is 14.9. The van der Waals surface area contributed by atoms with Gasteiger partial charge >= 0.3 is 0 Å². The van der Waals surface area contributed by atoms with Crippen LogP contribution in [0, 0.1) is 0 Å². The number of hydrogen-bond acceptors (Lipinski definition) is 4. The van der Waals surface area contributed by atoms with E-state index in [1.165, 1.54) is 18.6 Å². The summed E-state index contributed by atoms with van der Waals surface area (Å²) in [7, 11) is 5.17. The molecule has 0 aromatic heterocycles. The number of ether oxygens (including phenoxy) is 1. The second-order valence-corrected chi connectivity index (χ2v) is 7.54. The lowest BCUT2D eigenvalue weighted by Crippen LogP contribution is -2.47. The Morgan fingerprint density at radius 3 is 2.83 bits per heavy atom. The van der Waals surface area contributed by atoms with Gasteiger partial charge in [-0.05, 0) is 25.0 Å². The van der Waals surface area contributed by atoms with Crippen LogP contribution >= 0.6 is 11.8 Å². The Labute approximate surface area is 144 Å². The van der Waals surface area contributed by atoms with E-state index in [4.69, 9.17) is 4.74 Å². The van der Waals surface area contributed by atoms with Gasteiger partial charge < -0.3 is 20.3 Å². The van der Waals surface area contributed by atoms with Crippen molar-refractivity contribution in [2.24, 2.45) is 4.99 Å². The molecule has 1 fully saturated rings. The van der Waals surface area contributed by atoms with Gasteiger partial charge in [0.15, 0.2) is 5.96 Å². The summed E-state index contributed by atoms with van der Waals surface area (Å²) in [5.41, 5.74) is 0. The third kappa shape index (κ3) is 8.46. The quantitative estimate of drug-likeness (QED) is 0.395. The number of methoxy groups -OCH3 is 1. The number of nitrogens with zero attached hydrogens (tertiary/aromatic N) is 2. The van der Waals surface area contributed by atoms with Gasteiger partial charge in [-0.3, -0.25) is 4.79 Å².